The lowest BCUT2D eigenvalue weighted by molar-refractivity contribution is -0.114. The summed E-state index contributed by atoms with van der Waals surface area (Å²) in [7, 11) is -2.38. The lowest BCUT2D eigenvalue weighted by Crippen LogP contribution is -2.25. The predicted octanol–water partition coefficient (Wildman–Crippen LogP) is -0.394. The summed E-state index contributed by atoms with van der Waals surface area (Å²) in [5.74, 6) is -1.13. The molecule has 6 nitrogen and oxygen atoms in total. The fourth-order valence-electron chi connectivity index (χ4n) is 1.62. The van der Waals surface area contributed by atoms with E-state index in [2.05, 4.69) is 4.99 Å². The van der Waals surface area contributed by atoms with Crippen LogP contribution in [0, 0.1) is 11.8 Å². The van der Waals surface area contributed by atoms with Crippen LogP contribution < -0.4 is 11.5 Å². The van der Waals surface area contributed by atoms with Crippen molar-refractivity contribution in [3.05, 3.63) is 23.8 Å². The van der Waals surface area contributed by atoms with E-state index in [1.165, 1.54) is 12.2 Å². The SMILES string of the molecule is CC(C)C1C=CC(C(=O)N=C(N)N)=CC1=S(=O)=O. The lowest BCUT2D eigenvalue weighted by Gasteiger charge is -2.19. The van der Waals surface area contributed by atoms with Crippen LogP contribution >= 0.6 is 0 Å². The first-order valence-electron chi connectivity index (χ1n) is 5.33. The number of amides is 1. The summed E-state index contributed by atoms with van der Waals surface area (Å²) in [6.45, 7) is 3.80. The van der Waals surface area contributed by atoms with Crippen molar-refractivity contribution in [2.45, 2.75) is 13.8 Å². The molecular weight excluding hydrogens is 254 g/mol. The van der Waals surface area contributed by atoms with Crippen molar-refractivity contribution < 1.29 is 13.2 Å². The Morgan fingerprint density at radius 2 is 2.00 bits per heavy atom. The number of allylic oxidation sites excluding steroid dienone is 2. The van der Waals surface area contributed by atoms with E-state index in [9.17, 15) is 13.2 Å². The Morgan fingerprint density at radius 3 is 2.44 bits per heavy atom. The number of hydrogen-bond donors (Lipinski definition) is 2. The third-order valence-corrected chi connectivity index (χ3v) is 3.27. The molecule has 0 spiro atoms. The summed E-state index contributed by atoms with van der Waals surface area (Å²) in [5, 5.41) is 0. The highest BCUT2D eigenvalue weighted by Gasteiger charge is 2.22. The minimum absolute atomic E-state index is 0.116. The number of guanidine groups is 1. The molecule has 0 saturated carbocycles. The normalized spacial score (nSPS) is 18.5. The summed E-state index contributed by atoms with van der Waals surface area (Å²) in [4.78, 5) is 15.1. The highest BCUT2D eigenvalue weighted by atomic mass is 32.2. The first kappa shape index (κ1) is 14.2. The van der Waals surface area contributed by atoms with Crippen LogP contribution in [0.1, 0.15) is 13.8 Å². The second-order valence-corrected chi connectivity index (χ2v) is 5.15. The minimum Gasteiger partial charge on any atom is -0.370 e. The van der Waals surface area contributed by atoms with Gasteiger partial charge in [-0.2, -0.15) is 13.4 Å². The number of aliphatic imine (C=N–C) groups is 1. The Balaban J connectivity index is 3.20. The number of carbonyl (C=O) groups excluding carboxylic acids is 1. The summed E-state index contributed by atoms with van der Waals surface area (Å²) in [5.41, 5.74) is 10.3. The molecule has 0 aromatic rings. The molecule has 0 aliphatic heterocycles. The third-order valence-electron chi connectivity index (χ3n) is 2.50. The number of hydrogen-bond acceptors (Lipinski definition) is 3. The highest BCUT2D eigenvalue weighted by Crippen LogP contribution is 2.21. The van der Waals surface area contributed by atoms with Crippen molar-refractivity contribution in [2.75, 3.05) is 0 Å². The Bertz CT molecular complexity index is 571. The zero-order chi connectivity index (χ0) is 13.9. The maximum Gasteiger partial charge on any atom is 0.280 e. The molecule has 1 atom stereocenters. The topological polar surface area (TPSA) is 116 Å². The third kappa shape index (κ3) is 3.30. The second-order valence-electron chi connectivity index (χ2n) is 4.21. The van der Waals surface area contributed by atoms with Gasteiger partial charge in [-0.15, -0.1) is 0 Å². The molecule has 1 amide bonds. The number of nitrogens with two attached hydrogens (primary N) is 2. The molecule has 1 aliphatic carbocycles. The number of rotatable bonds is 2. The van der Waals surface area contributed by atoms with Crippen molar-refractivity contribution in [1.82, 2.24) is 0 Å². The van der Waals surface area contributed by atoms with Gasteiger partial charge in [-0.1, -0.05) is 26.0 Å². The predicted molar refractivity (Wildman–Crippen MR) is 70.3 cm³/mol. The minimum atomic E-state index is -2.38. The molecule has 0 aromatic carbocycles. The Hall–Kier alpha value is -1.89. The van der Waals surface area contributed by atoms with E-state index in [-0.39, 0.29) is 28.2 Å². The molecule has 1 rings (SSSR count). The van der Waals surface area contributed by atoms with Gasteiger partial charge >= 0.3 is 0 Å². The van der Waals surface area contributed by atoms with Crippen molar-refractivity contribution in [2.24, 2.45) is 28.3 Å². The molecular formula is C11H15N3O3S. The van der Waals surface area contributed by atoms with E-state index >= 15 is 0 Å². The van der Waals surface area contributed by atoms with Crippen LogP contribution in [0.2, 0.25) is 0 Å². The van der Waals surface area contributed by atoms with E-state index in [1.54, 1.807) is 6.08 Å². The maximum absolute atomic E-state index is 11.6. The fourth-order valence-corrected chi connectivity index (χ4v) is 2.42. The average molecular weight is 269 g/mol. The molecule has 0 heterocycles. The summed E-state index contributed by atoms with van der Waals surface area (Å²) in [6, 6.07) is 0. The maximum atomic E-state index is 11.6. The molecule has 1 unspecified atom stereocenters. The van der Waals surface area contributed by atoms with Crippen LogP contribution in [-0.2, 0) is 15.1 Å². The Kier molecular flexibility index (Phi) is 4.43. The van der Waals surface area contributed by atoms with E-state index in [0.717, 1.165) is 0 Å². The molecule has 0 bridgehead atoms. The van der Waals surface area contributed by atoms with Crippen molar-refractivity contribution in [1.29, 1.82) is 0 Å². The largest absolute Gasteiger partial charge is 0.370 e. The molecule has 98 valence electrons. The first-order valence-corrected chi connectivity index (χ1v) is 6.40. The number of nitrogens with zero attached hydrogens (tertiary/aromatic N) is 1. The van der Waals surface area contributed by atoms with Crippen molar-refractivity contribution >= 4 is 27.0 Å². The van der Waals surface area contributed by atoms with E-state index in [0.29, 0.717) is 0 Å². The van der Waals surface area contributed by atoms with Gasteiger partial charge in [-0.25, -0.2) is 0 Å². The molecule has 7 heteroatoms. The van der Waals surface area contributed by atoms with Gasteiger partial charge in [0, 0.05) is 11.5 Å². The summed E-state index contributed by atoms with van der Waals surface area (Å²) >= 11 is 0. The van der Waals surface area contributed by atoms with Crippen LogP contribution in [0.25, 0.3) is 0 Å². The molecule has 0 saturated heterocycles. The average Bonchev–Trinajstić information content (AvgIpc) is 2.26. The molecule has 0 aromatic heterocycles. The fraction of sp³-hybridized carbons (Fsp3) is 0.364. The van der Waals surface area contributed by atoms with Gasteiger partial charge in [0.15, 0.2) is 5.96 Å². The van der Waals surface area contributed by atoms with E-state index in [1.807, 2.05) is 13.8 Å². The quantitative estimate of drug-likeness (QED) is 0.402. The zero-order valence-electron chi connectivity index (χ0n) is 10.1. The Morgan fingerprint density at radius 1 is 1.39 bits per heavy atom. The van der Waals surface area contributed by atoms with E-state index < -0.39 is 16.2 Å². The van der Waals surface area contributed by atoms with Crippen LogP contribution in [0.15, 0.2) is 28.8 Å². The first-order chi connectivity index (χ1) is 8.32. The van der Waals surface area contributed by atoms with Crippen molar-refractivity contribution in [3.63, 3.8) is 0 Å². The van der Waals surface area contributed by atoms with Crippen LogP contribution in [-0.4, -0.2) is 25.1 Å². The number of carbonyl (C=O) groups is 1. The second kappa shape index (κ2) is 5.63. The molecule has 1 aliphatic rings. The standard InChI is InChI=1S/C11H15N3O3S/c1-6(2)8-4-3-7(5-9(8)18(16)17)10(15)14-11(12)13/h3-6,8H,1-2H3,(H4,12,13,14,15). The lowest BCUT2D eigenvalue weighted by atomic mass is 9.87. The van der Waals surface area contributed by atoms with Crippen LogP contribution in [0.5, 0.6) is 0 Å². The Labute approximate surface area is 107 Å². The van der Waals surface area contributed by atoms with Gasteiger partial charge in [0.2, 0.25) is 10.3 Å². The zero-order valence-corrected chi connectivity index (χ0v) is 10.9. The van der Waals surface area contributed by atoms with Crippen molar-refractivity contribution in [3.8, 4) is 0 Å². The van der Waals surface area contributed by atoms with Gasteiger partial charge in [0.25, 0.3) is 5.91 Å². The van der Waals surface area contributed by atoms with Crippen LogP contribution in [0.3, 0.4) is 0 Å². The molecule has 18 heavy (non-hydrogen) atoms. The van der Waals surface area contributed by atoms with Gasteiger partial charge in [0.1, 0.15) is 0 Å². The summed E-state index contributed by atoms with van der Waals surface area (Å²) in [6.07, 6.45) is 4.52. The van der Waals surface area contributed by atoms with Gasteiger partial charge in [-0.05, 0) is 12.0 Å². The monoisotopic (exact) mass is 269 g/mol. The van der Waals surface area contributed by atoms with Gasteiger partial charge in [-0.3, -0.25) is 4.79 Å². The van der Waals surface area contributed by atoms with Crippen LogP contribution in [0.4, 0.5) is 0 Å². The summed E-state index contributed by atoms with van der Waals surface area (Å²) < 4.78 is 22.3. The highest BCUT2D eigenvalue weighted by molar-refractivity contribution is 7.73. The van der Waals surface area contributed by atoms with Gasteiger partial charge < -0.3 is 11.5 Å². The molecule has 0 fully saturated rings. The molecule has 4 N–H and O–H groups in total. The molecule has 0 radical (unpaired) electrons. The van der Waals surface area contributed by atoms with Gasteiger partial charge in [0.05, 0.1) is 4.86 Å². The smallest absolute Gasteiger partial charge is 0.280 e. The van der Waals surface area contributed by atoms with E-state index in [4.69, 9.17) is 11.5 Å².